The number of carbonyl (C=O) groups is 1. The molecule has 6 heteroatoms. The van der Waals surface area contributed by atoms with Gasteiger partial charge in [0.25, 0.3) is 0 Å². The predicted molar refractivity (Wildman–Crippen MR) is 79.4 cm³/mol. The van der Waals surface area contributed by atoms with Crippen LogP contribution in [0.25, 0.3) is 0 Å². The van der Waals surface area contributed by atoms with Gasteiger partial charge in [-0.15, -0.1) is 0 Å². The van der Waals surface area contributed by atoms with Crippen LogP contribution in [-0.2, 0) is 9.53 Å². The first-order valence-corrected chi connectivity index (χ1v) is 7.50. The van der Waals surface area contributed by atoms with Gasteiger partial charge in [0.1, 0.15) is 0 Å². The molecule has 1 fully saturated rings. The monoisotopic (exact) mass is 293 g/mol. The molecule has 1 unspecified atom stereocenters. The summed E-state index contributed by atoms with van der Waals surface area (Å²) in [5, 5.41) is 0. The molecule has 0 aromatic carbocycles. The molecule has 2 rings (SSSR count). The molecule has 0 spiro atoms. The zero-order chi connectivity index (χ0) is 15.2. The van der Waals surface area contributed by atoms with Crippen LogP contribution >= 0.6 is 0 Å². The zero-order valence-electron chi connectivity index (χ0n) is 12.9. The minimum atomic E-state index is -0.121. The van der Waals surface area contributed by atoms with Gasteiger partial charge in [-0.3, -0.25) is 9.78 Å². The average Bonchev–Trinajstić information content (AvgIpc) is 2.47. The molecule has 6 nitrogen and oxygen atoms in total. The van der Waals surface area contributed by atoms with E-state index in [1.54, 1.807) is 12.4 Å². The number of hydrogen-bond donors (Lipinski definition) is 0. The van der Waals surface area contributed by atoms with E-state index in [-0.39, 0.29) is 18.0 Å². The van der Waals surface area contributed by atoms with Crippen molar-refractivity contribution in [2.75, 3.05) is 24.6 Å². The van der Waals surface area contributed by atoms with E-state index in [0.29, 0.717) is 19.0 Å². The van der Waals surface area contributed by atoms with Gasteiger partial charge in [-0.2, -0.15) is 4.98 Å². The molecule has 1 aliphatic heterocycles. The highest BCUT2D eigenvalue weighted by molar-refractivity contribution is 5.73. The molecule has 0 saturated carbocycles. The van der Waals surface area contributed by atoms with E-state index < -0.39 is 0 Å². The lowest BCUT2D eigenvalue weighted by atomic mass is 9.98. The maximum absolute atomic E-state index is 11.9. The van der Waals surface area contributed by atoms with Crippen LogP contribution in [0.15, 0.2) is 12.4 Å². The van der Waals surface area contributed by atoms with Crippen molar-refractivity contribution in [2.45, 2.75) is 39.7 Å². The first-order valence-electron chi connectivity index (χ1n) is 7.50. The van der Waals surface area contributed by atoms with Crippen LogP contribution < -0.4 is 9.64 Å². The van der Waals surface area contributed by atoms with Gasteiger partial charge in [0.2, 0.25) is 5.88 Å². The lowest BCUT2D eigenvalue weighted by Crippen LogP contribution is -2.40. The Kier molecular flexibility index (Phi) is 5.36. The van der Waals surface area contributed by atoms with Gasteiger partial charge in [-0.25, -0.2) is 0 Å². The van der Waals surface area contributed by atoms with Gasteiger partial charge < -0.3 is 14.4 Å². The quantitative estimate of drug-likeness (QED) is 0.774. The van der Waals surface area contributed by atoms with Crippen LogP contribution in [0.5, 0.6) is 5.88 Å². The van der Waals surface area contributed by atoms with Crippen molar-refractivity contribution < 1.29 is 14.3 Å². The summed E-state index contributed by atoms with van der Waals surface area (Å²) in [6.07, 6.45) is 5.19. The molecule has 0 N–H and O–H groups in total. The van der Waals surface area contributed by atoms with Crippen molar-refractivity contribution in [3.05, 3.63) is 12.4 Å². The van der Waals surface area contributed by atoms with E-state index in [1.165, 1.54) is 0 Å². The molecule has 1 aromatic heterocycles. The summed E-state index contributed by atoms with van der Waals surface area (Å²) in [5.74, 6) is 1.06. The lowest BCUT2D eigenvalue weighted by Gasteiger charge is -2.32. The average molecular weight is 293 g/mol. The third kappa shape index (κ3) is 4.31. The molecular weight excluding hydrogens is 270 g/mol. The number of nitrogens with zero attached hydrogens (tertiary/aromatic N) is 3. The predicted octanol–water partition coefficient (Wildman–Crippen LogP) is 2.04. The molecule has 0 amide bonds. The molecule has 0 bridgehead atoms. The van der Waals surface area contributed by atoms with E-state index >= 15 is 0 Å². The lowest BCUT2D eigenvalue weighted by molar-refractivity contribution is -0.148. The molecule has 1 aromatic rings. The zero-order valence-corrected chi connectivity index (χ0v) is 12.9. The first kappa shape index (κ1) is 15.5. The summed E-state index contributed by atoms with van der Waals surface area (Å²) in [7, 11) is 0. The van der Waals surface area contributed by atoms with Gasteiger partial charge in [0.15, 0.2) is 5.82 Å². The molecule has 1 atom stereocenters. The third-order valence-electron chi connectivity index (χ3n) is 3.32. The minimum Gasteiger partial charge on any atom is -0.474 e. The minimum absolute atomic E-state index is 0.0585. The summed E-state index contributed by atoms with van der Waals surface area (Å²) in [5.41, 5.74) is 0. The fourth-order valence-electron chi connectivity index (χ4n) is 2.43. The number of aromatic nitrogens is 2. The summed E-state index contributed by atoms with van der Waals surface area (Å²) in [4.78, 5) is 22.6. The summed E-state index contributed by atoms with van der Waals surface area (Å²) >= 11 is 0. The van der Waals surface area contributed by atoms with Crippen LogP contribution in [0, 0.1) is 5.92 Å². The largest absolute Gasteiger partial charge is 0.474 e. The smallest absolute Gasteiger partial charge is 0.310 e. The number of ether oxygens (including phenoxy) is 2. The highest BCUT2D eigenvalue weighted by Gasteiger charge is 2.27. The Balaban J connectivity index is 2.05. The van der Waals surface area contributed by atoms with Crippen molar-refractivity contribution in [1.82, 2.24) is 9.97 Å². The molecular formula is C15H23N3O3. The van der Waals surface area contributed by atoms with Crippen LogP contribution in [0.1, 0.15) is 33.6 Å². The molecule has 0 aliphatic carbocycles. The second-order valence-electron chi connectivity index (χ2n) is 5.42. The van der Waals surface area contributed by atoms with Crippen molar-refractivity contribution in [3.8, 4) is 5.88 Å². The SMILES string of the molecule is CCOC(=O)C1CCCN(c2cncc(OC(C)C)n2)C1. The molecule has 2 heterocycles. The molecule has 1 saturated heterocycles. The van der Waals surface area contributed by atoms with E-state index in [4.69, 9.17) is 9.47 Å². The van der Waals surface area contributed by atoms with E-state index in [9.17, 15) is 4.79 Å². The topological polar surface area (TPSA) is 64.5 Å². The Morgan fingerprint density at radius 2 is 2.29 bits per heavy atom. The van der Waals surface area contributed by atoms with Crippen LogP contribution in [-0.4, -0.2) is 41.7 Å². The van der Waals surface area contributed by atoms with Gasteiger partial charge in [-0.05, 0) is 33.6 Å². The Bertz CT molecular complexity index is 479. The van der Waals surface area contributed by atoms with Crippen LogP contribution in [0.4, 0.5) is 5.82 Å². The van der Waals surface area contributed by atoms with Gasteiger partial charge >= 0.3 is 5.97 Å². The van der Waals surface area contributed by atoms with E-state index in [1.807, 2.05) is 20.8 Å². The van der Waals surface area contributed by atoms with Crippen molar-refractivity contribution in [1.29, 1.82) is 0 Å². The second kappa shape index (κ2) is 7.24. The summed E-state index contributed by atoms with van der Waals surface area (Å²) < 4.78 is 10.7. The first-order chi connectivity index (χ1) is 10.1. The standard InChI is InChI=1S/C15H23N3O3/c1-4-20-15(19)12-6-5-7-18(10-12)13-8-16-9-14(17-13)21-11(2)3/h8-9,11-12H,4-7,10H2,1-3H3. The Morgan fingerprint density at radius 1 is 1.48 bits per heavy atom. The highest BCUT2D eigenvalue weighted by atomic mass is 16.5. The van der Waals surface area contributed by atoms with Crippen LogP contribution in [0.2, 0.25) is 0 Å². The van der Waals surface area contributed by atoms with E-state index in [0.717, 1.165) is 25.2 Å². The number of esters is 1. The van der Waals surface area contributed by atoms with Gasteiger partial charge in [-0.1, -0.05) is 0 Å². The number of rotatable bonds is 5. The number of carbonyl (C=O) groups excluding carboxylic acids is 1. The summed E-state index contributed by atoms with van der Waals surface area (Å²) in [6, 6.07) is 0. The molecule has 116 valence electrons. The normalized spacial score (nSPS) is 18.7. The van der Waals surface area contributed by atoms with Crippen molar-refractivity contribution >= 4 is 11.8 Å². The number of piperidine rings is 1. The van der Waals surface area contributed by atoms with Gasteiger partial charge in [0.05, 0.1) is 31.0 Å². The van der Waals surface area contributed by atoms with E-state index in [2.05, 4.69) is 14.9 Å². The Labute approximate surface area is 125 Å². The third-order valence-corrected chi connectivity index (χ3v) is 3.32. The van der Waals surface area contributed by atoms with Crippen molar-refractivity contribution in [3.63, 3.8) is 0 Å². The summed E-state index contributed by atoms with van der Waals surface area (Å²) in [6.45, 7) is 7.65. The van der Waals surface area contributed by atoms with Crippen molar-refractivity contribution in [2.24, 2.45) is 5.92 Å². The molecule has 21 heavy (non-hydrogen) atoms. The maximum atomic E-state index is 11.9. The molecule has 0 radical (unpaired) electrons. The number of anilines is 1. The van der Waals surface area contributed by atoms with Gasteiger partial charge in [0, 0.05) is 13.1 Å². The second-order valence-corrected chi connectivity index (χ2v) is 5.42. The fourth-order valence-corrected chi connectivity index (χ4v) is 2.43. The number of hydrogen-bond acceptors (Lipinski definition) is 6. The van der Waals surface area contributed by atoms with Crippen LogP contribution in [0.3, 0.4) is 0 Å². The molecule has 1 aliphatic rings. The fraction of sp³-hybridized carbons (Fsp3) is 0.667. The Hall–Kier alpha value is -1.85. The Morgan fingerprint density at radius 3 is 3.00 bits per heavy atom. The maximum Gasteiger partial charge on any atom is 0.310 e. The highest BCUT2D eigenvalue weighted by Crippen LogP contribution is 2.23.